The van der Waals surface area contributed by atoms with E-state index in [1.54, 1.807) is 0 Å². The molecule has 0 saturated heterocycles. The monoisotopic (exact) mass is 206 g/mol. The molecule has 0 N–H and O–H groups in total. The van der Waals surface area contributed by atoms with Crippen molar-refractivity contribution in [2.75, 3.05) is 26.7 Å². The second-order valence-electron chi connectivity index (χ2n) is 3.76. The van der Waals surface area contributed by atoms with Gasteiger partial charge >= 0.3 is 0 Å². The fourth-order valence-corrected chi connectivity index (χ4v) is 1.78. The number of hydrogen-bond donors (Lipinski definition) is 0. The number of nitrogens with zero attached hydrogens (tertiary/aromatic N) is 2. The molecular formula is C13H22N2. The van der Waals surface area contributed by atoms with Crippen LogP contribution in [-0.2, 0) is 6.42 Å². The third kappa shape index (κ3) is 4.02. The zero-order valence-corrected chi connectivity index (χ0v) is 10.1. The second kappa shape index (κ2) is 6.59. The quantitative estimate of drug-likeness (QED) is 0.660. The Morgan fingerprint density at radius 2 is 1.60 bits per heavy atom. The van der Waals surface area contributed by atoms with Gasteiger partial charge in [-0.05, 0) is 12.0 Å². The number of benzene rings is 1. The Hall–Kier alpha value is -0.860. The SMILES string of the molecule is CCN(CC)N(C)CCc1ccccc1. The van der Waals surface area contributed by atoms with Crippen LogP contribution < -0.4 is 0 Å². The maximum atomic E-state index is 2.35. The lowest BCUT2D eigenvalue weighted by Gasteiger charge is -2.29. The maximum Gasteiger partial charge on any atom is 0.0170 e. The van der Waals surface area contributed by atoms with Gasteiger partial charge in [-0.1, -0.05) is 44.2 Å². The Bertz CT molecular complexity index is 254. The predicted octanol–water partition coefficient (Wildman–Crippen LogP) is 2.42. The molecule has 1 aromatic rings. The van der Waals surface area contributed by atoms with Crippen LogP contribution in [0.25, 0.3) is 0 Å². The molecular weight excluding hydrogens is 184 g/mol. The average Bonchev–Trinajstić information content (AvgIpc) is 2.29. The lowest BCUT2D eigenvalue weighted by molar-refractivity contribution is 0.0110. The van der Waals surface area contributed by atoms with E-state index in [2.05, 4.69) is 61.2 Å². The first kappa shape index (κ1) is 12.2. The van der Waals surface area contributed by atoms with Gasteiger partial charge in [0.15, 0.2) is 0 Å². The summed E-state index contributed by atoms with van der Waals surface area (Å²) in [5, 5.41) is 4.66. The molecule has 0 heterocycles. The summed E-state index contributed by atoms with van der Waals surface area (Å²) in [5.74, 6) is 0. The largest absolute Gasteiger partial charge is 0.245 e. The number of rotatable bonds is 6. The molecule has 0 aliphatic carbocycles. The molecule has 0 amide bonds. The van der Waals surface area contributed by atoms with Gasteiger partial charge in [0.05, 0.1) is 0 Å². The zero-order chi connectivity index (χ0) is 11.1. The molecule has 0 aromatic heterocycles. The Kier molecular flexibility index (Phi) is 5.37. The molecule has 15 heavy (non-hydrogen) atoms. The van der Waals surface area contributed by atoms with Crippen LogP contribution >= 0.6 is 0 Å². The summed E-state index contributed by atoms with van der Waals surface area (Å²) in [5.41, 5.74) is 1.41. The molecule has 0 fully saturated rings. The first-order valence-electron chi connectivity index (χ1n) is 5.77. The van der Waals surface area contributed by atoms with E-state index in [0.29, 0.717) is 0 Å². The van der Waals surface area contributed by atoms with Crippen molar-refractivity contribution >= 4 is 0 Å². The molecule has 2 nitrogen and oxygen atoms in total. The van der Waals surface area contributed by atoms with Crippen LogP contribution in [0.5, 0.6) is 0 Å². The highest BCUT2D eigenvalue weighted by atomic mass is 15.6. The standard InChI is InChI=1S/C13H22N2/c1-4-15(5-2)14(3)12-11-13-9-7-6-8-10-13/h6-10H,4-5,11-12H2,1-3H3. The van der Waals surface area contributed by atoms with E-state index in [4.69, 9.17) is 0 Å². The van der Waals surface area contributed by atoms with Crippen LogP contribution in [0.4, 0.5) is 0 Å². The van der Waals surface area contributed by atoms with E-state index in [0.717, 1.165) is 26.1 Å². The minimum Gasteiger partial charge on any atom is -0.245 e. The van der Waals surface area contributed by atoms with E-state index in [-0.39, 0.29) is 0 Å². The van der Waals surface area contributed by atoms with E-state index >= 15 is 0 Å². The normalized spacial score (nSPS) is 11.3. The first-order valence-corrected chi connectivity index (χ1v) is 5.77. The molecule has 0 radical (unpaired) electrons. The zero-order valence-electron chi connectivity index (χ0n) is 10.1. The van der Waals surface area contributed by atoms with Gasteiger partial charge in [-0.3, -0.25) is 0 Å². The molecule has 84 valence electrons. The minimum absolute atomic E-state index is 1.09. The van der Waals surface area contributed by atoms with Crippen LogP contribution in [0.1, 0.15) is 19.4 Å². The van der Waals surface area contributed by atoms with E-state index < -0.39 is 0 Å². The molecule has 0 bridgehead atoms. The van der Waals surface area contributed by atoms with Crippen LogP contribution in [0, 0.1) is 0 Å². The van der Waals surface area contributed by atoms with Crippen molar-refractivity contribution in [3.63, 3.8) is 0 Å². The lowest BCUT2D eigenvalue weighted by atomic mass is 10.1. The molecule has 0 saturated carbocycles. The number of likely N-dealkylation sites (N-methyl/N-ethyl adjacent to an activating group) is 1. The summed E-state index contributed by atoms with van der Waals surface area (Å²) in [6, 6.07) is 10.7. The van der Waals surface area contributed by atoms with Gasteiger partial charge in [0.25, 0.3) is 0 Å². The Morgan fingerprint density at radius 1 is 1.00 bits per heavy atom. The summed E-state index contributed by atoms with van der Waals surface area (Å²) in [6.07, 6.45) is 1.12. The fourth-order valence-electron chi connectivity index (χ4n) is 1.78. The highest BCUT2D eigenvalue weighted by molar-refractivity contribution is 5.14. The summed E-state index contributed by atoms with van der Waals surface area (Å²) in [4.78, 5) is 0. The third-order valence-electron chi connectivity index (χ3n) is 2.78. The van der Waals surface area contributed by atoms with E-state index in [1.807, 2.05) is 0 Å². The third-order valence-corrected chi connectivity index (χ3v) is 2.78. The Balaban J connectivity index is 2.36. The second-order valence-corrected chi connectivity index (χ2v) is 3.76. The van der Waals surface area contributed by atoms with Crippen molar-refractivity contribution in [1.29, 1.82) is 0 Å². The van der Waals surface area contributed by atoms with Crippen molar-refractivity contribution in [2.45, 2.75) is 20.3 Å². The van der Waals surface area contributed by atoms with Crippen molar-refractivity contribution in [3.8, 4) is 0 Å². The van der Waals surface area contributed by atoms with Crippen LogP contribution in [0.3, 0.4) is 0 Å². The van der Waals surface area contributed by atoms with Crippen LogP contribution in [-0.4, -0.2) is 36.7 Å². The molecule has 0 aliphatic heterocycles. The van der Waals surface area contributed by atoms with Crippen LogP contribution in [0.2, 0.25) is 0 Å². The fraction of sp³-hybridized carbons (Fsp3) is 0.538. The summed E-state index contributed by atoms with van der Waals surface area (Å²) < 4.78 is 0. The number of hydrogen-bond acceptors (Lipinski definition) is 2. The van der Waals surface area contributed by atoms with Crippen molar-refractivity contribution < 1.29 is 0 Å². The van der Waals surface area contributed by atoms with Gasteiger partial charge in [-0.25, -0.2) is 10.0 Å². The van der Waals surface area contributed by atoms with Gasteiger partial charge in [0, 0.05) is 26.7 Å². The van der Waals surface area contributed by atoms with E-state index in [9.17, 15) is 0 Å². The maximum absolute atomic E-state index is 2.35. The van der Waals surface area contributed by atoms with Crippen molar-refractivity contribution in [3.05, 3.63) is 35.9 Å². The lowest BCUT2D eigenvalue weighted by Crippen LogP contribution is -2.40. The summed E-state index contributed by atoms with van der Waals surface area (Å²) >= 11 is 0. The Morgan fingerprint density at radius 3 is 2.13 bits per heavy atom. The van der Waals surface area contributed by atoms with Gasteiger partial charge in [0.2, 0.25) is 0 Å². The highest BCUT2D eigenvalue weighted by Gasteiger charge is 2.05. The van der Waals surface area contributed by atoms with E-state index in [1.165, 1.54) is 5.56 Å². The molecule has 0 aliphatic rings. The van der Waals surface area contributed by atoms with Gasteiger partial charge < -0.3 is 0 Å². The predicted molar refractivity (Wildman–Crippen MR) is 65.7 cm³/mol. The molecule has 0 unspecified atom stereocenters. The highest BCUT2D eigenvalue weighted by Crippen LogP contribution is 2.02. The van der Waals surface area contributed by atoms with Crippen molar-refractivity contribution in [1.82, 2.24) is 10.0 Å². The molecule has 2 heteroatoms. The first-order chi connectivity index (χ1) is 7.27. The van der Waals surface area contributed by atoms with Gasteiger partial charge in [-0.2, -0.15) is 0 Å². The van der Waals surface area contributed by atoms with Crippen LogP contribution in [0.15, 0.2) is 30.3 Å². The Labute approximate surface area is 93.5 Å². The van der Waals surface area contributed by atoms with Crippen molar-refractivity contribution in [2.24, 2.45) is 0 Å². The average molecular weight is 206 g/mol. The molecule has 1 aromatic carbocycles. The van der Waals surface area contributed by atoms with Gasteiger partial charge in [-0.15, -0.1) is 0 Å². The number of hydrazine groups is 1. The molecule has 1 rings (SSSR count). The molecule has 0 atom stereocenters. The molecule has 0 spiro atoms. The summed E-state index contributed by atoms with van der Waals surface area (Å²) in [6.45, 7) is 7.65. The topological polar surface area (TPSA) is 6.48 Å². The minimum atomic E-state index is 1.09. The smallest absolute Gasteiger partial charge is 0.0170 e. The summed E-state index contributed by atoms with van der Waals surface area (Å²) in [7, 11) is 2.16. The van der Waals surface area contributed by atoms with Gasteiger partial charge in [0.1, 0.15) is 0 Å².